The van der Waals surface area contributed by atoms with Crippen molar-refractivity contribution in [1.82, 2.24) is 0 Å². The molecule has 3 rings (SSSR count). The molecule has 2 nitrogen and oxygen atoms in total. The van der Waals surface area contributed by atoms with Crippen molar-refractivity contribution >= 4 is 5.69 Å². The van der Waals surface area contributed by atoms with Crippen LogP contribution in [0.15, 0.2) is 6.07 Å². The van der Waals surface area contributed by atoms with Crippen LogP contribution in [-0.4, -0.2) is 18.2 Å². The van der Waals surface area contributed by atoms with Gasteiger partial charge in [-0.05, 0) is 47.8 Å². The van der Waals surface area contributed by atoms with Crippen LogP contribution >= 0.6 is 0 Å². The molecule has 1 aromatic carbocycles. The highest BCUT2D eigenvalue weighted by Gasteiger charge is 2.41. The number of benzene rings is 1. The Hall–Kier alpha value is -1.18. The second kappa shape index (κ2) is 3.68. The van der Waals surface area contributed by atoms with Crippen LogP contribution in [-0.2, 0) is 10.8 Å². The van der Waals surface area contributed by atoms with Gasteiger partial charge < -0.3 is 10.0 Å². The molecule has 2 heterocycles. The standard InChI is InChI=1S/C17H25NO/c1-11-10-12-14-13(15(11)19)17(4,5)7-9-18(14)8-6-16(12,2)3/h10,19H,6-9H2,1-5H3. The molecule has 0 radical (unpaired) electrons. The maximum atomic E-state index is 10.6. The van der Waals surface area contributed by atoms with Gasteiger partial charge in [-0.1, -0.05) is 27.7 Å². The third-order valence-electron chi connectivity index (χ3n) is 5.20. The Balaban J connectivity index is 2.37. The first-order chi connectivity index (χ1) is 8.74. The minimum atomic E-state index is 0.0735. The lowest BCUT2D eigenvalue weighted by Gasteiger charge is -2.48. The highest BCUT2D eigenvalue weighted by molar-refractivity contribution is 5.72. The zero-order chi connectivity index (χ0) is 14.0. The summed E-state index contributed by atoms with van der Waals surface area (Å²) in [5.74, 6) is 0.520. The van der Waals surface area contributed by atoms with Crippen LogP contribution in [0.2, 0.25) is 0 Å². The first kappa shape index (κ1) is 12.8. The summed E-state index contributed by atoms with van der Waals surface area (Å²) in [6.45, 7) is 13.5. The summed E-state index contributed by atoms with van der Waals surface area (Å²) in [6.07, 6.45) is 2.32. The third kappa shape index (κ3) is 1.69. The molecule has 0 aromatic heterocycles. The second-order valence-electron chi connectivity index (χ2n) is 7.57. The van der Waals surface area contributed by atoms with Crippen molar-refractivity contribution < 1.29 is 5.11 Å². The van der Waals surface area contributed by atoms with Crippen LogP contribution < -0.4 is 4.90 Å². The number of aromatic hydroxyl groups is 1. The fourth-order valence-electron chi connectivity index (χ4n) is 3.71. The molecule has 0 unspecified atom stereocenters. The van der Waals surface area contributed by atoms with Crippen molar-refractivity contribution in [3.63, 3.8) is 0 Å². The molecule has 0 amide bonds. The number of hydrogen-bond acceptors (Lipinski definition) is 2. The van der Waals surface area contributed by atoms with E-state index in [4.69, 9.17) is 0 Å². The summed E-state index contributed by atoms with van der Waals surface area (Å²) in [4.78, 5) is 2.49. The molecule has 19 heavy (non-hydrogen) atoms. The van der Waals surface area contributed by atoms with Gasteiger partial charge in [-0.25, -0.2) is 0 Å². The van der Waals surface area contributed by atoms with Gasteiger partial charge >= 0.3 is 0 Å². The van der Waals surface area contributed by atoms with Gasteiger partial charge in [0.15, 0.2) is 0 Å². The van der Waals surface area contributed by atoms with E-state index >= 15 is 0 Å². The van der Waals surface area contributed by atoms with E-state index in [1.54, 1.807) is 0 Å². The molecule has 0 fully saturated rings. The van der Waals surface area contributed by atoms with Gasteiger partial charge in [0.2, 0.25) is 0 Å². The number of hydrogen-bond donors (Lipinski definition) is 1. The van der Waals surface area contributed by atoms with Gasteiger partial charge in [-0.2, -0.15) is 0 Å². The van der Waals surface area contributed by atoms with Gasteiger partial charge in [-0.15, -0.1) is 0 Å². The fourth-order valence-corrected chi connectivity index (χ4v) is 3.71. The van der Waals surface area contributed by atoms with E-state index in [2.05, 4.69) is 38.7 Å². The minimum Gasteiger partial charge on any atom is -0.507 e. The van der Waals surface area contributed by atoms with Gasteiger partial charge in [0, 0.05) is 24.3 Å². The van der Waals surface area contributed by atoms with E-state index in [0.717, 1.165) is 25.1 Å². The number of phenolic OH excluding ortho intramolecular Hbond substituents is 1. The monoisotopic (exact) mass is 259 g/mol. The summed E-state index contributed by atoms with van der Waals surface area (Å²) in [6, 6.07) is 2.21. The molecule has 0 spiro atoms. The number of anilines is 1. The van der Waals surface area contributed by atoms with E-state index in [1.807, 2.05) is 6.92 Å². The lowest BCUT2D eigenvalue weighted by molar-refractivity contribution is 0.377. The quantitative estimate of drug-likeness (QED) is 0.764. The third-order valence-corrected chi connectivity index (χ3v) is 5.20. The van der Waals surface area contributed by atoms with Crippen molar-refractivity contribution in [2.24, 2.45) is 0 Å². The Kier molecular flexibility index (Phi) is 2.49. The van der Waals surface area contributed by atoms with Crippen LogP contribution in [0, 0.1) is 6.92 Å². The molecule has 104 valence electrons. The summed E-state index contributed by atoms with van der Waals surface area (Å²) in [5.41, 5.74) is 5.25. The molecule has 2 aliphatic heterocycles. The molecular formula is C17H25NO. The van der Waals surface area contributed by atoms with E-state index < -0.39 is 0 Å². The summed E-state index contributed by atoms with van der Waals surface area (Å²) in [7, 11) is 0. The van der Waals surface area contributed by atoms with Gasteiger partial charge in [0.05, 0.1) is 0 Å². The number of phenols is 1. The van der Waals surface area contributed by atoms with Crippen LogP contribution in [0.1, 0.15) is 57.2 Å². The smallest absolute Gasteiger partial charge is 0.124 e. The average molecular weight is 259 g/mol. The molecule has 2 aliphatic rings. The maximum Gasteiger partial charge on any atom is 0.124 e. The Bertz CT molecular complexity index is 541. The number of nitrogens with zero attached hydrogens (tertiary/aromatic N) is 1. The average Bonchev–Trinajstić information content (AvgIpc) is 2.30. The Labute approximate surface area is 116 Å². The molecular weight excluding hydrogens is 234 g/mol. The highest BCUT2D eigenvalue weighted by atomic mass is 16.3. The maximum absolute atomic E-state index is 10.6. The van der Waals surface area contributed by atoms with Crippen molar-refractivity contribution in [2.75, 3.05) is 18.0 Å². The van der Waals surface area contributed by atoms with E-state index in [-0.39, 0.29) is 10.8 Å². The molecule has 0 bridgehead atoms. The van der Waals surface area contributed by atoms with Crippen molar-refractivity contribution in [1.29, 1.82) is 0 Å². The van der Waals surface area contributed by atoms with Crippen LogP contribution in [0.3, 0.4) is 0 Å². The van der Waals surface area contributed by atoms with Gasteiger partial charge in [0.1, 0.15) is 5.75 Å². The van der Waals surface area contributed by atoms with Crippen LogP contribution in [0.25, 0.3) is 0 Å². The highest BCUT2D eigenvalue weighted by Crippen LogP contribution is 2.52. The predicted molar refractivity (Wildman–Crippen MR) is 80.3 cm³/mol. The number of rotatable bonds is 0. The SMILES string of the molecule is Cc1cc2c3c(c1O)C(C)(C)CCN3CCC2(C)C. The van der Waals surface area contributed by atoms with Gasteiger partial charge in [-0.3, -0.25) is 0 Å². The van der Waals surface area contributed by atoms with Gasteiger partial charge in [0.25, 0.3) is 0 Å². The Morgan fingerprint density at radius 3 is 2.26 bits per heavy atom. The summed E-state index contributed by atoms with van der Waals surface area (Å²) < 4.78 is 0. The first-order valence-corrected chi connectivity index (χ1v) is 7.36. The second-order valence-corrected chi connectivity index (χ2v) is 7.57. The lowest BCUT2D eigenvalue weighted by atomic mass is 9.69. The lowest BCUT2D eigenvalue weighted by Crippen LogP contribution is -2.44. The Morgan fingerprint density at radius 1 is 1.05 bits per heavy atom. The van der Waals surface area contributed by atoms with E-state index in [9.17, 15) is 5.11 Å². The fraction of sp³-hybridized carbons (Fsp3) is 0.647. The Morgan fingerprint density at radius 2 is 1.63 bits per heavy atom. The zero-order valence-electron chi connectivity index (χ0n) is 12.8. The van der Waals surface area contributed by atoms with Crippen molar-refractivity contribution in [2.45, 2.75) is 58.3 Å². The summed E-state index contributed by atoms with van der Waals surface area (Å²) >= 11 is 0. The van der Waals surface area contributed by atoms with Crippen LogP contribution in [0.5, 0.6) is 5.75 Å². The molecule has 0 atom stereocenters. The predicted octanol–water partition coefficient (Wildman–Crippen LogP) is 3.87. The van der Waals surface area contributed by atoms with Crippen molar-refractivity contribution in [3.05, 3.63) is 22.8 Å². The van der Waals surface area contributed by atoms with E-state index in [1.165, 1.54) is 23.2 Å². The molecule has 0 saturated heterocycles. The zero-order valence-corrected chi connectivity index (χ0v) is 12.8. The summed E-state index contributed by atoms with van der Waals surface area (Å²) in [5, 5.41) is 10.6. The molecule has 1 aromatic rings. The van der Waals surface area contributed by atoms with E-state index in [0.29, 0.717) is 5.75 Å². The minimum absolute atomic E-state index is 0.0735. The topological polar surface area (TPSA) is 23.5 Å². The largest absolute Gasteiger partial charge is 0.507 e. The molecule has 1 N–H and O–H groups in total. The normalized spacial score (nSPS) is 23.1. The van der Waals surface area contributed by atoms with Crippen LogP contribution in [0.4, 0.5) is 5.69 Å². The first-order valence-electron chi connectivity index (χ1n) is 7.36. The molecule has 2 heteroatoms. The number of aryl methyl sites for hydroxylation is 1. The van der Waals surface area contributed by atoms with Crippen molar-refractivity contribution in [3.8, 4) is 5.75 Å². The molecule has 0 saturated carbocycles. The molecule has 0 aliphatic carbocycles.